The number of allylic oxidation sites excluding steroid dienone is 2. The van der Waals surface area contributed by atoms with Crippen LogP contribution in [-0.2, 0) is 9.59 Å². The number of nitrogens with one attached hydrogen (secondary N) is 1. The zero-order valence-electron chi connectivity index (χ0n) is 23.1. The van der Waals surface area contributed by atoms with Gasteiger partial charge in [-0.05, 0) is 103 Å². The molecule has 5 aliphatic rings. The summed E-state index contributed by atoms with van der Waals surface area (Å²) in [5, 5.41) is 9.46. The molecule has 0 radical (unpaired) electrons. The minimum atomic E-state index is -0.605. The lowest BCUT2D eigenvalue weighted by Crippen LogP contribution is -2.67. The summed E-state index contributed by atoms with van der Waals surface area (Å²) in [7, 11) is 0. The molecule has 4 N–H and O–H groups in total. The molecule has 4 fully saturated rings. The highest BCUT2D eigenvalue weighted by atomic mass is 16.5. The van der Waals surface area contributed by atoms with Crippen LogP contribution in [0, 0.1) is 50.2 Å². The van der Waals surface area contributed by atoms with Crippen molar-refractivity contribution in [3.63, 3.8) is 0 Å². The number of hydrogen-bond acceptors (Lipinski definition) is 4. The third-order valence-electron chi connectivity index (χ3n) is 13.3. The van der Waals surface area contributed by atoms with E-state index in [-0.39, 0.29) is 50.9 Å². The Morgan fingerprint density at radius 2 is 1.63 bits per heavy atom. The van der Waals surface area contributed by atoms with Crippen LogP contribution in [0.2, 0.25) is 0 Å². The smallest absolute Gasteiger partial charge is 0.249 e. The van der Waals surface area contributed by atoms with Gasteiger partial charge < -0.3 is 5.73 Å². The Balaban J connectivity index is 1.61. The van der Waals surface area contributed by atoms with Gasteiger partial charge in [0.2, 0.25) is 5.91 Å². The van der Waals surface area contributed by atoms with E-state index in [0.717, 1.165) is 51.4 Å². The summed E-state index contributed by atoms with van der Waals surface area (Å²) in [6.07, 6.45) is 11.0. The number of hydrogen-bond donors (Lipinski definition) is 3. The van der Waals surface area contributed by atoms with Crippen molar-refractivity contribution in [3.8, 4) is 0 Å². The first-order valence-corrected chi connectivity index (χ1v) is 14.1. The van der Waals surface area contributed by atoms with Gasteiger partial charge in [0.05, 0.1) is 0 Å². The van der Waals surface area contributed by atoms with Crippen LogP contribution in [0.4, 0.5) is 0 Å². The van der Waals surface area contributed by atoms with Crippen molar-refractivity contribution in [1.82, 2.24) is 5.48 Å². The Bertz CT molecular complexity index is 988. The van der Waals surface area contributed by atoms with E-state index in [0.29, 0.717) is 18.1 Å². The van der Waals surface area contributed by atoms with Gasteiger partial charge in [-0.15, -0.1) is 0 Å². The molecule has 0 saturated heterocycles. The van der Waals surface area contributed by atoms with Gasteiger partial charge in [-0.2, -0.15) is 0 Å². The first-order chi connectivity index (χ1) is 16.1. The maximum atomic E-state index is 14.3. The maximum absolute atomic E-state index is 14.3. The molecule has 0 heterocycles. The van der Waals surface area contributed by atoms with Crippen molar-refractivity contribution >= 4 is 11.7 Å². The zero-order chi connectivity index (χ0) is 25.8. The number of carbonyl (C=O) groups excluding carboxylic acids is 2. The van der Waals surface area contributed by atoms with E-state index in [4.69, 9.17) is 5.73 Å². The third-order valence-corrected chi connectivity index (χ3v) is 13.3. The van der Waals surface area contributed by atoms with Crippen LogP contribution in [0.5, 0.6) is 0 Å². The Kier molecular flexibility index (Phi) is 5.40. The summed E-state index contributed by atoms with van der Waals surface area (Å²) in [4.78, 5) is 27.0. The monoisotopic (exact) mass is 484 g/mol. The van der Waals surface area contributed by atoms with Crippen molar-refractivity contribution in [1.29, 1.82) is 0 Å². The molecule has 196 valence electrons. The summed E-state index contributed by atoms with van der Waals surface area (Å²) in [5.74, 6) is 0.712. The second kappa shape index (κ2) is 7.43. The van der Waals surface area contributed by atoms with Crippen LogP contribution < -0.4 is 11.2 Å². The first-order valence-electron chi connectivity index (χ1n) is 14.1. The molecular formula is C30H48N2O3. The van der Waals surface area contributed by atoms with Gasteiger partial charge in [-0.25, -0.2) is 5.48 Å². The minimum absolute atomic E-state index is 0.0225. The van der Waals surface area contributed by atoms with Crippen molar-refractivity contribution in [3.05, 3.63) is 11.6 Å². The van der Waals surface area contributed by atoms with E-state index >= 15 is 0 Å². The molecular weight excluding hydrogens is 436 g/mol. The predicted octanol–water partition coefficient (Wildman–Crippen LogP) is 5.80. The van der Waals surface area contributed by atoms with Crippen molar-refractivity contribution in [2.75, 3.05) is 0 Å². The van der Waals surface area contributed by atoms with Gasteiger partial charge in [0.15, 0.2) is 5.78 Å². The number of rotatable bonds is 1. The van der Waals surface area contributed by atoms with Gasteiger partial charge in [-0.3, -0.25) is 14.8 Å². The quantitative estimate of drug-likeness (QED) is 0.324. The number of amides is 1. The van der Waals surface area contributed by atoms with Crippen molar-refractivity contribution < 1.29 is 14.8 Å². The molecule has 5 heteroatoms. The Morgan fingerprint density at radius 1 is 0.971 bits per heavy atom. The van der Waals surface area contributed by atoms with Gasteiger partial charge in [0.25, 0.3) is 0 Å². The van der Waals surface area contributed by atoms with E-state index in [1.54, 1.807) is 0 Å². The maximum Gasteiger partial charge on any atom is 0.249 e. The topological polar surface area (TPSA) is 92.4 Å². The number of nitrogens with two attached hydrogens (primary N) is 1. The normalized spacial score (nSPS) is 52.8. The number of fused-ring (bicyclic) bond motifs is 7. The third kappa shape index (κ3) is 3.06. The van der Waals surface area contributed by atoms with Crippen molar-refractivity contribution in [2.24, 2.45) is 56.0 Å². The van der Waals surface area contributed by atoms with E-state index in [2.05, 4.69) is 47.6 Å². The predicted molar refractivity (Wildman–Crippen MR) is 137 cm³/mol. The molecule has 4 saturated carbocycles. The highest BCUT2D eigenvalue weighted by Gasteiger charge is 2.70. The molecule has 35 heavy (non-hydrogen) atoms. The second-order valence-electron chi connectivity index (χ2n) is 15.2. The van der Waals surface area contributed by atoms with E-state index in [1.807, 2.05) is 12.4 Å². The molecule has 1 amide bonds. The van der Waals surface area contributed by atoms with Crippen LogP contribution >= 0.6 is 0 Å². The standard InChI is InChI=1S/C30H48N2O3/c1-25(2)21-8-11-30(7)23(28(21,5)10-9-22(25)31)20(33)16-18-19-17-27(4,24(34)32-35)13-12-26(19,3)14-15-29(18,30)6/h16,19,21-23,35H,8-15,17,31H2,1-7H3,(H,32,34)/t19-,21?,22-,23-,26-,27+,28+,29-,30-/m1/s1. The van der Waals surface area contributed by atoms with Gasteiger partial charge in [0, 0.05) is 17.4 Å². The summed E-state index contributed by atoms with van der Waals surface area (Å²) < 4.78 is 0. The molecule has 0 aromatic carbocycles. The molecule has 0 aromatic rings. The van der Waals surface area contributed by atoms with Crippen LogP contribution in [0.3, 0.4) is 0 Å². The summed E-state index contributed by atoms with van der Waals surface area (Å²) in [6.45, 7) is 16.3. The second-order valence-corrected chi connectivity index (χ2v) is 15.2. The van der Waals surface area contributed by atoms with Crippen LogP contribution in [0.25, 0.3) is 0 Å². The van der Waals surface area contributed by atoms with Gasteiger partial charge in [-0.1, -0.05) is 54.0 Å². The van der Waals surface area contributed by atoms with Crippen molar-refractivity contribution in [2.45, 2.75) is 112 Å². The summed E-state index contributed by atoms with van der Waals surface area (Å²) in [6, 6.07) is 0.193. The van der Waals surface area contributed by atoms with Crippen LogP contribution in [0.15, 0.2) is 11.6 Å². The highest BCUT2D eigenvalue weighted by Crippen LogP contribution is 2.75. The molecule has 0 spiro atoms. The fourth-order valence-corrected chi connectivity index (χ4v) is 10.6. The van der Waals surface area contributed by atoms with Gasteiger partial charge in [0.1, 0.15) is 0 Å². The number of hydroxylamine groups is 1. The fourth-order valence-electron chi connectivity index (χ4n) is 10.6. The lowest BCUT2D eigenvalue weighted by Gasteiger charge is -2.70. The molecule has 5 aliphatic carbocycles. The largest absolute Gasteiger partial charge is 0.327 e. The fraction of sp³-hybridized carbons (Fsp3) is 0.867. The molecule has 5 rings (SSSR count). The molecule has 5 nitrogen and oxygen atoms in total. The Labute approximate surface area is 212 Å². The number of carbonyl (C=O) groups is 2. The number of ketones is 1. The Hall–Kier alpha value is -1.20. The van der Waals surface area contributed by atoms with E-state index in [1.165, 1.54) is 5.57 Å². The highest BCUT2D eigenvalue weighted by molar-refractivity contribution is 5.95. The summed E-state index contributed by atoms with van der Waals surface area (Å²) in [5.41, 5.74) is 9.24. The van der Waals surface area contributed by atoms with Gasteiger partial charge >= 0.3 is 0 Å². The molecule has 1 unspecified atom stereocenters. The van der Waals surface area contributed by atoms with Crippen LogP contribution in [-0.4, -0.2) is 22.9 Å². The van der Waals surface area contributed by atoms with E-state index in [9.17, 15) is 14.8 Å². The lowest BCUT2D eigenvalue weighted by atomic mass is 9.33. The molecule has 0 aromatic heterocycles. The summed E-state index contributed by atoms with van der Waals surface area (Å²) >= 11 is 0. The minimum Gasteiger partial charge on any atom is -0.327 e. The molecule has 9 atom stereocenters. The average molecular weight is 485 g/mol. The van der Waals surface area contributed by atoms with Crippen LogP contribution in [0.1, 0.15) is 106 Å². The Morgan fingerprint density at radius 3 is 2.29 bits per heavy atom. The molecule has 0 aliphatic heterocycles. The van der Waals surface area contributed by atoms with E-state index < -0.39 is 5.41 Å². The first kappa shape index (κ1) is 25.4. The lowest BCUT2D eigenvalue weighted by molar-refractivity contribution is -0.187. The average Bonchev–Trinajstić information content (AvgIpc) is 2.78. The molecule has 0 bridgehead atoms. The zero-order valence-corrected chi connectivity index (χ0v) is 23.1. The SMILES string of the molecule is CC1(C)C2CC[C@]3(C)[C@H](C(=O)C=C4[C@H]5C[C@@](C)(C(=O)NO)CC[C@]5(C)CC[C@]43C)[C@@]2(C)CC[C@H]1N.